The first-order valence-electron chi connectivity index (χ1n) is 2.70. The Labute approximate surface area is 50.8 Å². The third kappa shape index (κ3) is 533. The normalized spacial score (nSPS) is 7.00. The number of hydrogen-bond acceptors (Lipinski definition) is 2. The van der Waals surface area contributed by atoms with Crippen molar-refractivity contribution >= 4 is 0 Å². The molecule has 0 fully saturated rings. The number of rotatable bonds is 0. The van der Waals surface area contributed by atoms with Crippen LogP contribution in [0.5, 0.6) is 0 Å². The minimum atomic E-state index is -0.167. The molecular formula is C6H13NO. The van der Waals surface area contributed by atoms with Crippen LogP contribution < -0.4 is 0 Å². The molecule has 0 bridgehead atoms. The highest BCUT2D eigenvalue weighted by Gasteiger charge is 1.69. The van der Waals surface area contributed by atoms with E-state index in [1.807, 2.05) is 13.0 Å². The summed E-state index contributed by atoms with van der Waals surface area (Å²) in [5.41, 5.74) is 0. The van der Waals surface area contributed by atoms with E-state index in [0.717, 1.165) is 0 Å². The SMILES string of the molecule is CC(C)O.CCC#N. The average molecular weight is 115 g/mol. The molecule has 0 saturated heterocycles. The molecule has 2 nitrogen and oxygen atoms in total. The van der Waals surface area contributed by atoms with Crippen molar-refractivity contribution in [2.75, 3.05) is 0 Å². The van der Waals surface area contributed by atoms with Crippen LogP contribution >= 0.6 is 0 Å². The molecule has 0 atom stereocenters. The fraction of sp³-hybridized carbons (Fsp3) is 0.833. The zero-order chi connectivity index (χ0) is 6.99. The molecule has 0 aliphatic heterocycles. The fourth-order valence-corrected chi connectivity index (χ4v) is 0. The number of nitriles is 1. The summed E-state index contributed by atoms with van der Waals surface area (Å²) >= 11 is 0. The molecule has 1 N–H and O–H groups in total. The van der Waals surface area contributed by atoms with E-state index in [4.69, 9.17) is 10.4 Å². The summed E-state index contributed by atoms with van der Waals surface area (Å²) in [5.74, 6) is 0. The van der Waals surface area contributed by atoms with Crippen LogP contribution in [-0.4, -0.2) is 11.2 Å². The molecule has 0 aromatic rings. The molecule has 2 heteroatoms. The Morgan fingerprint density at radius 2 is 1.75 bits per heavy atom. The lowest BCUT2D eigenvalue weighted by Gasteiger charge is -1.80. The smallest absolute Gasteiger partial charge is 0.0618 e. The molecule has 48 valence electrons. The van der Waals surface area contributed by atoms with Crippen LogP contribution in [0.4, 0.5) is 0 Å². The molecule has 0 heterocycles. The van der Waals surface area contributed by atoms with Crippen molar-refractivity contribution in [2.45, 2.75) is 33.3 Å². The lowest BCUT2D eigenvalue weighted by Crippen LogP contribution is -1.85. The molecule has 0 aromatic carbocycles. The molecule has 0 saturated carbocycles. The summed E-state index contributed by atoms with van der Waals surface area (Å²) in [7, 11) is 0. The van der Waals surface area contributed by atoms with Crippen molar-refractivity contribution in [1.82, 2.24) is 0 Å². The number of aliphatic hydroxyl groups excluding tert-OH is 1. The molecule has 0 aliphatic carbocycles. The molecular weight excluding hydrogens is 102 g/mol. The van der Waals surface area contributed by atoms with E-state index >= 15 is 0 Å². The Hall–Kier alpha value is -0.550. The number of hydrogen-bond donors (Lipinski definition) is 1. The van der Waals surface area contributed by atoms with Crippen LogP contribution in [0.1, 0.15) is 27.2 Å². The maximum absolute atomic E-state index is 8.06. The van der Waals surface area contributed by atoms with Crippen molar-refractivity contribution < 1.29 is 5.11 Å². The van der Waals surface area contributed by atoms with Gasteiger partial charge in [-0.05, 0) is 13.8 Å². The van der Waals surface area contributed by atoms with E-state index in [1.54, 1.807) is 13.8 Å². The van der Waals surface area contributed by atoms with Gasteiger partial charge in [0.05, 0.1) is 6.07 Å². The van der Waals surface area contributed by atoms with E-state index < -0.39 is 0 Å². The predicted octanol–water partition coefficient (Wildman–Crippen LogP) is 1.31. The standard InChI is InChI=1S/C3H5N.C3H8O/c1-2-3-4;1-3(2)4/h2H2,1H3;3-4H,1-2H3. The zero-order valence-corrected chi connectivity index (χ0v) is 5.68. The molecule has 0 aliphatic rings. The van der Waals surface area contributed by atoms with Gasteiger partial charge in [-0.3, -0.25) is 0 Å². The van der Waals surface area contributed by atoms with Gasteiger partial charge in [-0.15, -0.1) is 0 Å². The summed E-state index contributed by atoms with van der Waals surface area (Å²) in [4.78, 5) is 0. The average Bonchev–Trinajstić information content (AvgIpc) is 1.65. The first-order chi connectivity index (χ1) is 3.65. The number of nitrogens with zero attached hydrogens (tertiary/aromatic N) is 1. The summed E-state index contributed by atoms with van der Waals surface area (Å²) in [6.45, 7) is 5.26. The largest absolute Gasteiger partial charge is 0.394 e. The van der Waals surface area contributed by atoms with Gasteiger partial charge in [-0.1, -0.05) is 6.92 Å². The lowest BCUT2D eigenvalue weighted by molar-refractivity contribution is 0.216. The second kappa shape index (κ2) is 9.67. The predicted molar refractivity (Wildman–Crippen MR) is 33.3 cm³/mol. The van der Waals surface area contributed by atoms with Crippen molar-refractivity contribution in [2.24, 2.45) is 0 Å². The van der Waals surface area contributed by atoms with Crippen LogP contribution in [0.3, 0.4) is 0 Å². The Kier molecular flexibility index (Phi) is 12.6. The molecule has 0 radical (unpaired) electrons. The van der Waals surface area contributed by atoms with E-state index in [1.165, 1.54) is 0 Å². The third-order valence-corrected chi connectivity index (χ3v) is 0.158. The zero-order valence-electron chi connectivity index (χ0n) is 5.68. The summed E-state index contributed by atoms with van der Waals surface area (Å²) in [6.07, 6.45) is 0.458. The molecule has 0 aromatic heterocycles. The molecule has 0 rings (SSSR count). The van der Waals surface area contributed by atoms with Crippen LogP contribution in [0, 0.1) is 11.3 Å². The van der Waals surface area contributed by atoms with Gasteiger partial charge in [-0.25, -0.2) is 0 Å². The minimum Gasteiger partial charge on any atom is -0.394 e. The first-order valence-corrected chi connectivity index (χ1v) is 2.70. The molecule has 0 unspecified atom stereocenters. The maximum atomic E-state index is 8.06. The third-order valence-electron chi connectivity index (χ3n) is 0.158. The van der Waals surface area contributed by atoms with Gasteiger partial charge in [0, 0.05) is 12.5 Å². The Bertz CT molecular complexity index is 60.7. The van der Waals surface area contributed by atoms with Crippen molar-refractivity contribution in [3.63, 3.8) is 0 Å². The van der Waals surface area contributed by atoms with Crippen molar-refractivity contribution in [3.8, 4) is 6.07 Å². The Morgan fingerprint density at radius 1 is 1.62 bits per heavy atom. The van der Waals surface area contributed by atoms with Gasteiger partial charge in [0.15, 0.2) is 0 Å². The van der Waals surface area contributed by atoms with E-state index in [0.29, 0.717) is 6.42 Å². The van der Waals surface area contributed by atoms with Crippen LogP contribution in [0.2, 0.25) is 0 Å². The van der Waals surface area contributed by atoms with Crippen LogP contribution in [0.15, 0.2) is 0 Å². The molecule has 0 amide bonds. The number of aliphatic hydroxyl groups is 1. The highest BCUT2D eigenvalue weighted by atomic mass is 16.3. The van der Waals surface area contributed by atoms with E-state index in [-0.39, 0.29) is 6.10 Å². The van der Waals surface area contributed by atoms with Crippen molar-refractivity contribution in [1.29, 1.82) is 5.26 Å². The van der Waals surface area contributed by atoms with Gasteiger partial charge in [0.2, 0.25) is 0 Å². The molecule has 8 heavy (non-hydrogen) atoms. The highest BCUT2D eigenvalue weighted by Crippen LogP contribution is 1.65. The summed E-state index contributed by atoms with van der Waals surface area (Å²) < 4.78 is 0. The van der Waals surface area contributed by atoms with Crippen LogP contribution in [-0.2, 0) is 0 Å². The second-order valence-corrected chi connectivity index (χ2v) is 1.61. The van der Waals surface area contributed by atoms with Gasteiger partial charge in [-0.2, -0.15) is 5.26 Å². The van der Waals surface area contributed by atoms with Gasteiger partial charge in [0.1, 0.15) is 0 Å². The van der Waals surface area contributed by atoms with Gasteiger partial charge in [0.25, 0.3) is 0 Å². The quantitative estimate of drug-likeness (QED) is 0.517. The first kappa shape index (κ1) is 10.4. The maximum Gasteiger partial charge on any atom is 0.0618 e. The fourth-order valence-electron chi connectivity index (χ4n) is 0. The Balaban J connectivity index is 0. The van der Waals surface area contributed by atoms with Crippen molar-refractivity contribution in [3.05, 3.63) is 0 Å². The van der Waals surface area contributed by atoms with E-state index in [2.05, 4.69) is 0 Å². The highest BCUT2D eigenvalue weighted by molar-refractivity contribution is 4.61. The molecule has 0 spiro atoms. The summed E-state index contributed by atoms with van der Waals surface area (Å²) in [6, 6.07) is 1.93. The summed E-state index contributed by atoms with van der Waals surface area (Å²) in [5, 5.41) is 15.7. The lowest BCUT2D eigenvalue weighted by atomic mass is 10.5. The minimum absolute atomic E-state index is 0.167. The van der Waals surface area contributed by atoms with Gasteiger partial charge < -0.3 is 5.11 Å². The Morgan fingerprint density at radius 3 is 1.75 bits per heavy atom. The topological polar surface area (TPSA) is 44.0 Å². The van der Waals surface area contributed by atoms with E-state index in [9.17, 15) is 0 Å². The monoisotopic (exact) mass is 115 g/mol. The van der Waals surface area contributed by atoms with Crippen LogP contribution in [0.25, 0.3) is 0 Å². The second-order valence-electron chi connectivity index (χ2n) is 1.61. The van der Waals surface area contributed by atoms with Gasteiger partial charge >= 0.3 is 0 Å².